The van der Waals surface area contributed by atoms with Crippen LogP contribution in [0.3, 0.4) is 0 Å². The zero-order valence-corrected chi connectivity index (χ0v) is 23.9. The molecule has 12 heteroatoms. The number of nitrogens with one attached hydrogen (secondary N) is 1. The van der Waals surface area contributed by atoms with Gasteiger partial charge in [-0.05, 0) is 66.8 Å². The van der Waals surface area contributed by atoms with E-state index < -0.39 is 52.4 Å². The summed E-state index contributed by atoms with van der Waals surface area (Å²) in [6.45, 7) is 1.10. The molecule has 1 amide bonds. The number of carbonyl (C=O) groups is 1. The van der Waals surface area contributed by atoms with Gasteiger partial charge < -0.3 is 19.5 Å². The quantitative estimate of drug-likeness (QED) is 0.137. The first-order chi connectivity index (χ1) is 19.9. The molecule has 1 aromatic heterocycles. The first-order valence-corrected chi connectivity index (χ1v) is 14.7. The lowest BCUT2D eigenvalue weighted by Crippen LogP contribution is -2.31. The number of nitrogens with zero attached hydrogens (tertiary/aromatic N) is 1. The molecule has 4 aromatic rings. The van der Waals surface area contributed by atoms with E-state index in [4.69, 9.17) is 11.6 Å². The molecule has 1 fully saturated rings. The molecular formula is C30H27ClF4N2O4S. The van der Waals surface area contributed by atoms with Crippen LogP contribution in [0.5, 0.6) is 0 Å². The molecule has 3 N–H and O–H groups in total. The minimum Gasteiger partial charge on any atom is -0.394 e. The fourth-order valence-corrected chi connectivity index (χ4v) is 5.69. The Balaban J connectivity index is 1.45. The van der Waals surface area contributed by atoms with Crippen LogP contribution in [0, 0.1) is 5.82 Å². The first kappa shape index (κ1) is 30.2. The van der Waals surface area contributed by atoms with E-state index in [1.165, 1.54) is 24.3 Å². The monoisotopic (exact) mass is 622 g/mol. The number of aliphatic hydroxyl groups is 1. The van der Waals surface area contributed by atoms with Gasteiger partial charge in [0.05, 0.1) is 34.5 Å². The van der Waals surface area contributed by atoms with E-state index in [1.807, 2.05) is 4.57 Å². The van der Waals surface area contributed by atoms with Gasteiger partial charge in [0.25, 0.3) is 5.91 Å². The lowest BCUT2D eigenvalue weighted by molar-refractivity contribution is -0.138. The van der Waals surface area contributed by atoms with Crippen LogP contribution in [0.2, 0.25) is 5.02 Å². The van der Waals surface area contributed by atoms with Crippen molar-refractivity contribution in [2.75, 3.05) is 6.61 Å². The molecule has 42 heavy (non-hydrogen) atoms. The molecule has 1 aliphatic rings. The standard InChI is InChI=1S/C30H27ClF4N2O4S/c1-16(42(40)41)17-2-4-18(5-3-17)27(15-38)36-29(39)24-12-20-11-23(37(22-8-9-22)28(20)14-26(24)32)10-19-6-7-21(31)13-25(19)30(33,34)35/h2-7,11-14,16,22,27,38H,8-10,15H2,1H3,(H,36,39)(H,40,41)/t16-,27+/m1/s1. The van der Waals surface area contributed by atoms with E-state index in [0.29, 0.717) is 27.7 Å². The average molecular weight is 623 g/mol. The van der Waals surface area contributed by atoms with Crippen LogP contribution in [0.1, 0.15) is 75.4 Å². The second-order valence-electron chi connectivity index (χ2n) is 10.4. The van der Waals surface area contributed by atoms with Gasteiger partial charge in [0.15, 0.2) is 11.1 Å². The molecule has 0 radical (unpaired) electrons. The van der Waals surface area contributed by atoms with E-state index in [-0.39, 0.29) is 28.6 Å². The molecule has 222 valence electrons. The van der Waals surface area contributed by atoms with Crippen molar-refractivity contribution < 1.29 is 36.2 Å². The molecular weight excluding hydrogens is 596 g/mol. The highest BCUT2D eigenvalue weighted by Crippen LogP contribution is 2.42. The van der Waals surface area contributed by atoms with Gasteiger partial charge in [-0.15, -0.1) is 0 Å². The maximum absolute atomic E-state index is 15.4. The van der Waals surface area contributed by atoms with Gasteiger partial charge in [-0.25, -0.2) is 8.60 Å². The number of alkyl halides is 3. The van der Waals surface area contributed by atoms with Gasteiger partial charge in [-0.3, -0.25) is 4.79 Å². The normalized spacial score (nSPS) is 15.9. The highest BCUT2D eigenvalue weighted by atomic mass is 35.5. The van der Waals surface area contributed by atoms with Gasteiger partial charge >= 0.3 is 6.18 Å². The van der Waals surface area contributed by atoms with Crippen LogP contribution in [0.25, 0.3) is 10.9 Å². The molecule has 1 unspecified atom stereocenters. The predicted molar refractivity (Wildman–Crippen MR) is 152 cm³/mol. The number of carbonyl (C=O) groups excluding carboxylic acids is 1. The fourth-order valence-electron chi connectivity index (χ4n) is 5.13. The summed E-state index contributed by atoms with van der Waals surface area (Å²) in [5.74, 6) is -1.58. The van der Waals surface area contributed by atoms with Gasteiger partial charge in [0.1, 0.15) is 5.82 Å². The van der Waals surface area contributed by atoms with Crippen LogP contribution < -0.4 is 5.32 Å². The molecule has 0 bridgehead atoms. The maximum atomic E-state index is 15.4. The molecule has 0 spiro atoms. The van der Waals surface area contributed by atoms with Gasteiger partial charge in [-0.2, -0.15) is 13.2 Å². The number of benzene rings is 3. The average Bonchev–Trinajstić information content (AvgIpc) is 3.72. The molecule has 0 aliphatic heterocycles. The lowest BCUT2D eigenvalue weighted by atomic mass is 10.0. The molecule has 6 nitrogen and oxygen atoms in total. The minimum absolute atomic E-state index is 0.0194. The zero-order valence-electron chi connectivity index (χ0n) is 22.3. The van der Waals surface area contributed by atoms with Gasteiger partial charge in [-0.1, -0.05) is 41.9 Å². The van der Waals surface area contributed by atoms with E-state index >= 15 is 4.39 Å². The highest BCUT2D eigenvalue weighted by molar-refractivity contribution is 7.79. The predicted octanol–water partition coefficient (Wildman–Crippen LogP) is 7.12. The number of hydrogen-bond acceptors (Lipinski definition) is 3. The van der Waals surface area contributed by atoms with Crippen LogP contribution >= 0.6 is 11.6 Å². The Morgan fingerprint density at radius 1 is 1.10 bits per heavy atom. The Morgan fingerprint density at radius 3 is 2.36 bits per heavy atom. The summed E-state index contributed by atoms with van der Waals surface area (Å²) in [5, 5.41) is 12.4. The van der Waals surface area contributed by atoms with Crippen LogP contribution in [-0.4, -0.2) is 30.9 Å². The summed E-state index contributed by atoms with van der Waals surface area (Å²) >= 11 is 3.78. The summed E-state index contributed by atoms with van der Waals surface area (Å²) in [6.07, 6.45) is -3.06. The van der Waals surface area contributed by atoms with Crippen LogP contribution in [0.15, 0.2) is 60.7 Å². The third-order valence-electron chi connectivity index (χ3n) is 7.51. The molecule has 3 atom stereocenters. The molecule has 1 aliphatic carbocycles. The molecule has 3 aromatic carbocycles. The summed E-state index contributed by atoms with van der Waals surface area (Å²) in [7, 11) is 0. The van der Waals surface area contributed by atoms with Crippen molar-refractivity contribution in [1.29, 1.82) is 0 Å². The molecule has 1 saturated carbocycles. The minimum atomic E-state index is -4.60. The molecule has 1 heterocycles. The maximum Gasteiger partial charge on any atom is 0.416 e. The molecule has 5 rings (SSSR count). The highest BCUT2D eigenvalue weighted by Gasteiger charge is 2.35. The Bertz CT molecular complexity index is 1670. The van der Waals surface area contributed by atoms with E-state index in [0.717, 1.165) is 18.9 Å². The summed E-state index contributed by atoms with van der Waals surface area (Å²) in [4.78, 5) is 13.2. The largest absolute Gasteiger partial charge is 0.416 e. The third kappa shape index (κ3) is 6.24. The number of fused-ring (bicyclic) bond motifs is 1. The van der Waals surface area contributed by atoms with E-state index in [2.05, 4.69) is 5.32 Å². The van der Waals surface area contributed by atoms with Crippen LogP contribution in [0.4, 0.5) is 17.6 Å². The number of amides is 1. The number of rotatable bonds is 9. The van der Waals surface area contributed by atoms with E-state index in [9.17, 15) is 31.8 Å². The molecule has 0 saturated heterocycles. The van der Waals surface area contributed by atoms with Crippen molar-refractivity contribution in [3.05, 3.63) is 105 Å². The summed E-state index contributed by atoms with van der Waals surface area (Å²) in [6, 6.07) is 13.5. The van der Waals surface area contributed by atoms with Gasteiger partial charge in [0.2, 0.25) is 0 Å². The van der Waals surface area contributed by atoms with Gasteiger partial charge in [0, 0.05) is 28.6 Å². The van der Waals surface area contributed by atoms with Crippen LogP contribution in [-0.2, 0) is 23.7 Å². The first-order valence-electron chi connectivity index (χ1n) is 13.2. The number of aromatic nitrogens is 1. The zero-order chi connectivity index (χ0) is 30.3. The summed E-state index contributed by atoms with van der Waals surface area (Å²) < 4.78 is 79.1. The van der Waals surface area contributed by atoms with Crippen molar-refractivity contribution in [3.8, 4) is 0 Å². The van der Waals surface area contributed by atoms with Crippen molar-refractivity contribution >= 4 is 39.5 Å². The van der Waals surface area contributed by atoms with Crippen molar-refractivity contribution in [1.82, 2.24) is 9.88 Å². The smallest absolute Gasteiger partial charge is 0.394 e. The number of aliphatic hydroxyl groups excluding tert-OH is 1. The number of halogens is 5. The Hall–Kier alpha value is -3.25. The van der Waals surface area contributed by atoms with Crippen molar-refractivity contribution in [3.63, 3.8) is 0 Å². The third-order valence-corrected chi connectivity index (χ3v) is 8.62. The van der Waals surface area contributed by atoms with Crippen molar-refractivity contribution in [2.45, 2.75) is 49.7 Å². The topological polar surface area (TPSA) is 91.6 Å². The Kier molecular flexibility index (Phi) is 8.48. The second-order valence-corrected chi connectivity index (χ2v) is 12.1. The Labute approximate surface area is 246 Å². The van der Waals surface area contributed by atoms with E-state index in [1.54, 1.807) is 37.3 Å². The Morgan fingerprint density at radius 2 is 1.76 bits per heavy atom. The fraction of sp³-hybridized carbons (Fsp3) is 0.300. The number of hydrogen-bond donors (Lipinski definition) is 3. The summed E-state index contributed by atoms with van der Waals surface area (Å²) in [5.41, 5.74) is 1.07. The van der Waals surface area contributed by atoms with Crippen molar-refractivity contribution in [2.24, 2.45) is 0 Å². The lowest BCUT2D eigenvalue weighted by Gasteiger charge is -2.18. The SMILES string of the molecule is C[C@H](c1ccc([C@H](CO)NC(=O)c2cc3cc(Cc4ccc(Cl)cc4C(F)(F)F)n(C4CC4)c3cc2F)cc1)S(=O)O. The second kappa shape index (κ2) is 11.8.